The first kappa shape index (κ1) is 16.5. The second kappa shape index (κ2) is 4.98. The summed E-state index contributed by atoms with van der Waals surface area (Å²) in [4.78, 5) is 0. The molecule has 3 atom stereocenters. The predicted molar refractivity (Wildman–Crippen MR) is 67.3 cm³/mol. The fraction of sp³-hybridized carbons (Fsp3) is 0.846. The Morgan fingerprint density at radius 2 is 1.93 bits per heavy atom. The van der Waals surface area contributed by atoms with Gasteiger partial charge in [0, 0.05) is 32.7 Å². The third kappa shape index (κ3) is 3.02. The first-order valence-corrected chi connectivity index (χ1v) is 5.96. The Balaban J connectivity index is 0.00000196. The van der Waals surface area contributed by atoms with Crippen molar-refractivity contribution in [3.8, 4) is 0 Å². The molecule has 0 aliphatic heterocycles. The van der Waals surface area contributed by atoms with Crippen LogP contribution in [-0.4, -0.2) is 4.75 Å². The standard InChI is InChI=1S/C13H24S.Y/c1-7-12(5,14)9-13(6)10(2)8-11(13,3)4;/h10,14H,1,6-9H2,2-5H3;/q-2;. The average molecular weight is 301 g/mol. The van der Waals surface area contributed by atoms with Crippen molar-refractivity contribution in [1.29, 1.82) is 0 Å². The van der Waals surface area contributed by atoms with Gasteiger partial charge in [-0.05, 0) is 11.2 Å². The van der Waals surface area contributed by atoms with E-state index in [4.69, 9.17) is 0 Å². The number of rotatable bonds is 3. The summed E-state index contributed by atoms with van der Waals surface area (Å²) in [7, 11) is 0. The van der Waals surface area contributed by atoms with E-state index in [-0.39, 0.29) is 42.9 Å². The van der Waals surface area contributed by atoms with Gasteiger partial charge in [0.05, 0.1) is 0 Å². The summed E-state index contributed by atoms with van der Waals surface area (Å²) in [5, 5.41) is 0. The zero-order chi connectivity index (χ0) is 11.2. The minimum atomic E-state index is 0. The van der Waals surface area contributed by atoms with Crippen LogP contribution in [-0.2, 0) is 32.7 Å². The van der Waals surface area contributed by atoms with E-state index in [0.29, 0.717) is 5.41 Å². The van der Waals surface area contributed by atoms with E-state index in [2.05, 4.69) is 54.2 Å². The molecule has 1 rings (SSSR count). The van der Waals surface area contributed by atoms with Gasteiger partial charge in [0.25, 0.3) is 0 Å². The van der Waals surface area contributed by atoms with Gasteiger partial charge in [0.15, 0.2) is 0 Å². The minimum absolute atomic E-state index is 0. The molecule has 1 aliphatic carbocycles. The number of hydrogen-bond donors (Lipinski definition) is 1. The smallest absolute Gasteiger partial charge is 0 e. The van der Waals surface area contributed by atoms with Crippen LogP contribution in [0.5, 0.6) is 0 Å². The van der Waals surface area contributed by atoms with E-state index in [9.17, 15) is 0 Å². The molecule has 0 amide bonds. The number of hydrogen-bond acceptors (Lipinski definition) is 1. The van der Waals surface area contributed by atoms with Gasteiger partial charge in [-0.15, -0.1) is 5.41 Å². The van der Waals surface area contributed by atoms with E-state index >= 15 is 0 Å². The molecular weight excluding hydrogens is 277 g/mol. The summed E-state index contributed by atoms with van der Waals surface area (Å²) in [6, 6.07) is 0. The molecule has 0 heterocycles. The van der Waals surface area contributed by atoms with Crippen LogP contribution in [0.4, 0.5) is 0 Å². The van der Waals surface area contributed by atoms with Crippen molar-refractivity contribution in [2.45, 2.75) is 51.7 Å². The van der Waals surface area contributed by atoms with E-state index in [0.717, 1.165) is 18.8 Å². The van der Waals surface area contributed by atoms with E-state index in [1.54, 1.807) is 0 Å². The van der Waals surface area contributed by atoms with Gasteiger partial charge in [0.1, 0.15) is 0 Å². The molecule has 0 aromatic heterocycles. The van der Waals surface area contributed by atoms with Crippen LogP contribution in [0.15, 0.2) is 0 Å². The van der Waals surface area contributed by atoms with Crippen molar-refractivity contribution >= 4 is 12.6 Å². The van der Waals surface area contributed by atoms with Crippen molar-refractivity contribution in [2.24, 2.45) is 16.7 Å². The van der Waals surface area contributed by atoms with E-state index < -0.39 is 0 Å². The second-order valence-electron chi connectivity index (χ2n) is 6.07. The van der Waals surface area contributed by atoms with Crippen molar-refractivity contribution in [3.05, 3.63) is 13.8 Å². The molecule has 1 radical (unpaired) electrons. The summed E-state index contributed by atoms with van der Waals surface area (Å²) in [6.07, 6.45) is 3.23. The minimum Gasteiger partial charge on any atom is -0.342 e. The maximum Gasteiger partial charge on any atom is 0 e. The topological polar surface area (TPSA) is 0 Å². The maximum absolute atomic E-state index is 4.68. The molecular formula is C13H24SY-2. The Morgan fingerprint density at radius 1 is 1.47 bits per heavy atom. The predicted octanol–water partition coefficient (Wildman–Crippen LogP) is 4.17. The molecule has 15 heavy (non-hydrogen) atoms. The van der Waals surface area contributed by atoms with E-state index in [1.807, 2.05) is 0 Å². The Bertz CT molecular complexity index is 223. The van der Waals surface area contributed by atoms with Gasteiger partial charge in [-0.2, -0.15) is 19.0 Å². The maximum atomic E-state index is 4.68. The van der Waals surface area contributed by atoms with Gasteiger partial charge in [0.2, 0.25) is 0 Å². The molecule has 0 spiro atoms. The first-order valence-electron chi connectivity index (χ1n) is 5.52. The summed E-state index contributed by atoms with van der Waals surface area (Å²) < 4.78 is 0.0354. The van der Waals surface area contributed by atoms with Crippen molar-refractivity contribution in [3.63, 3.8) is 0 Å². The zero-order valence-corrected chi connectivity index (χ0v) is 14.4. The second-order valence-corrected chi connectivity index (χ2v) is 7.15. The van der Waals surface area contributed by atoms with Crippen LogP contribution >= 0.6 is 12.6 Å². The van der Waals surface area contributed by atoms with Crippen LogP contribution in [0.1, 0.15) is 47.0 Å². The van der Waals surface area contributed by atoms with E-state index in [1.165, 1.54) is 6.42 Å². The third-order valence-electron chi connectivity index (χ3n) is 4.34. The van der Waals surface area contributed by atoms with Gasteiger partial charge in [-0.1, -0.05) is 45.4 Å². The molecule has 0 aromatic rings. The molecule has 0 N–H and O–H groups in total. The average Bonchev–Trinajstić information content (AvgIpc) is 2.03. The van der Waals surface area contributed by atoms with Crippen LogP contribution in [0.2, 0.25) is 0 Å². The van der Waals surface area contributed by atoms with Crippen molar-refractivity contribution < 1.29 is 32.7 Å². The monoisotopic (exact) mass is 301 g/mol. The van der Waals surface area contributed by atoms with Crippen molar-refractivity contribution in [1.82, 2.24) is 0 Å². The van der Waals surface area contributed by atoms with Crippen LogP contribution in [0, 0.1) is 30.6 Å². The molecule has 3 unspecified atom stereocenters. The Morgan fingerprint density at radius 3 is 2.20 bits per heavy atom. The Kier molecular flexibility index (Phi) is 5.47. The molecule has 1 fully saturated rings. The van der Waals surface area contributed by atoms with Crippen LogP contribution in [0.3, 0.4) is 0 Å². The van der Waals surface area contributed by atoms with Gasteiger partial charge < -0.3 is 13.8 Å². The van der Waals surface area contributed by atoms with Crippen LogP contribution in [0.25, 0.3) is 0 Å². The van der Waals surface area contributed by atoms with Gasteiger partial charge in [-0.3, -0.25) is 0 Å². The first-order chi connectivity index (χ1) is 6.15. The summed E-state index contributed by atoms with van der Waals surface area (Å²) in [6.45, 7) is 17.6. The quantitative estimate of drug-likeness (QED) is 0.587. The summed E-state index contributed by atoms with van der Waals surface area (Å²) in [5.74, 6) is 0.718. The number of thiol groups is 1. The summed E-state index contributed by atoms with van der Waals surface area (Å²) in [5.41, 5.74) is 0.562. The molecule has 0 nitrogen and oxygen atoms in total. The third-order valence-corrected chi connectivity index (χ3v) is 4.72. The Labute approximate surface area is 127 Å². The largest absolute Gasteiger partial charge is 0.342 e. The molecule has 0 aromatic carbocycles. The molecule has 0 bridgehead atoms. The SMILES string of the molecule is [CH2-]CC(C)(S)CC1([CH2-])C(C)CC1(C)C.[Y]. The normalized spacial score (nSPS) is 37.4. The van der Waals surface area contributed by atoms with Crippen LogP contribution < -0.4 is 0 Å². The molecule has 0 saturated heterocycles. The zero-order valence-electron chi connectivity index (χ0n) is 10.6. The van der Waals surface area contributed by atoms with Gasteiger partial charge in [-0.25, -0.2) is 0 Å². The molecule has 1 saturated carbocycles. The Hall–Kier alpha value is 1.45. The molecule has 87 valence electrons. The molecule has 1 aliphatic rings. The summed E-state index contributed by atoms with van der Waals surface area (Å²) >= 11 is 4.68. The fourth-order valence-corrected chi connectivity index (χ4v) is 3.16. The van der Waals surface area contributed by atoms with Gasteiger partial charge >= 0.3 is 0 Å². The fourth-order valence-electron chi connectivity index (χ4n) is 2.88. The van der Waals surface area contributed by atoms with Crippen molar-refractivity contribution in [2.75, 3.05) is 0 Å². The molecule has 2 heteroatoms.